The zero-order valence-corrected chi connectivity index (χ0v) is 12.4. The van der Waals surface area contributed by atoms with Crippen LogP contribution in [-0.4, -0.2) is 48.1 Å². The molecule has 2 nitrogen and oxygen atoms in total. The Hall–Kier alpha value is 0.270. The minimum absolute atomic E-state index is 0.722. The number of nitrogens with one attached hydrogen (secondary N) is 1. The van der Waals surface area contributed by atoms with E-state index in [1.165, 1.54) is 44.0 Å². The molecule has 2 heterocycles. The third-order valence-electron chi connectivity index (χ3n) is 4.05. The van der Waals surface area contributed by atoms with Gasteiger partial charge in [0.05, 0.1) is 0 Å². The van der Waals surface area contributed by atoms with Gasteiger partial charge in [-0.3, -0.25) is 4.90 Å². The first kappa shape index (κ1) is 13.7. The first-order chi connectivity index (χ1) is 8.15. The van der Waals surface area contributed by atoms with Crippen LogP contribution in [-0.2, 0) is 0 Å². The van der Waals surface area contributed by atoms with Gasteiger partial charge in [0, 0.05) is 31.7 Å². The van der Waals surface area contributed by atoms with E-state index in [9.17, 15) is 0 Å². The molecule has 17 heavy (non-hydrogen) atoms. The van der Waals surface area contributed by atoms with Gasteiger partial charge in [0.2, 0.25) is 0 Å². The van der Waals surface area contributed by atoms with Crippen molar-refractivity contribution in [2.45, 2.75) is 45.7 Å². The summed E-state index contributed by atoms with van der Waals surface area (Å²) in [6, 6.07) is 1.45. The quantitative estimate of drug-likeness (QED) is 0.832. The second-order valence-corrected chi connectivity index (χ2v) is 7.42. The molecule has 2 fully saturated rings. The van der Waals surface area contributed by atoms with E-state index in [1.807, 2.05) is 0 Å². The number of hydrogen-bond acceptors (Lipinski definition) is 3. The Morgan fingerprint density at radius 2 is 2.24 bits per heavy atom. The maximum Gasteiger partial charge on any atom is 0.0198 e. The second kappa shape index (κ2) is 6.44. The second-order valence-electron chi connectivity index (χ2n) is 6.27. The fourth-order valence-electron chi connectivity index (χ4n) is 3.03. The van der Waals surface area contributed by atoms with Crippen molar-refractivity contribution in [3.63, 3.8) is 0 Å². The lowest BCUT2D eigenvalue weighted by Gasteiger charge is -2.40. The Morgan fingerprint density at radius 1 is 1.41 bits per heavy atom. The van der Waals surface area contributed by atoms with Crippen LogP contribution in [0.2, 0.25) is 0 Å². The predicted octanol–water partition coefficient (Wildman–Crippen LogP) is 2.45. The van der Waals surface area contributed by atoms with Crippen LogP contribution in [0.15, 0.2) is 0 Å². The van der Waals surface area contributed by atoms with Crippen molar-refractivity contribution in [2.24, 2.45) is 11.8 Å². The largest absolute Gasteiger partial charge is 0.311 e. The molecule has 0 bridgehead atoms. The van der Waals surface area contributed by atoms with Crippen molar-refractivity contribution in [1.29, 1.82) is 0 Å². The molecule has 0 aromatic heterocycles. The maximum atomic E-state index is 3.71. The van der Waals surface area contributed by atoms with Gasteiger partial charge in [0.1, 0.15) is 0 Å². The third kappa shape index (κ3) is 4.15. The summed E-state index contributed by atoms with van der Waals surface area (Å²) >= 11 is 2.14. The Balaban J connectivity index is 1.81. The standard InChI is InChI=1S/C14H28N2S/c1-11(2)6-14-9-16(12(3)7-15-14)8-13-4-5-17-10-13/h11-15H,4-10H2,1-3H3. The molecule has 2 aliphatic rings. The fourth-order valence-corrected chi connectivity index (χ4v) is 4.31. The van der Waals surface area contributed by atoms with E-state index < -0.39 is 0 Å². The molecule has 0 saturated carbocycles. The van der Waals surface area contributed by atoms with Crippen molar-refractivity contribution >= 4 is 11.8 Å². The monoisotopic (exact) mass is 256 g/mol. The lowest BCUT2D eigenvalue weighted by Crippen LogP contribution is -2.56. The number of thioether (sulfide) groups is 1. The molecule has 0 aromatic carbocycles. The van der Waals surface area contributed by atoms with Gasteiger partial charge in [-0.2, -0.15) is 11.8 Å². The van der Waals surface area contributed by atoms with Crippen molar-refractivity contribution < 1.29 is 0 Å². The molecule has 3 atom stereocenters. The van der Waals surface area contributed by atoms with E-state index in [-0.39, 0.29) is 0 Å². The van der Waals surface area contributed by atoms with Gasteiger partial charge in [0.15, 0.2) is 0 Å². The molecule has 0 aliphatic carbocycles. The van der Waals surface area contributed by atoms with Gasteiger partial charge < -0.3 is 5.32 Å². The number of rotatable bonds is 4. The van der Waals surface area contributed by atoms with E-state index in [2.05, 4.69) is 42.7 Å². The Bertz CT molecular complexity index is 226. The number of hydrogen-bond donors (Lipinski definition) is 1. The molecule has 0 spiro atoms. The first-order valence-electron chi connectivity index (χ1n) is 7.20. The molecular weight excluding hydrogens is 228 g/mol. The number of nitrogens with zero attached hydrogens (tertiary/aromatic N) is 1. The van der Waals surface area contributed by atoms with Crippen LogP contribution in [0.25, 0.3) is 0 Å². The van der Waals surface area contributed by atoms with Crippen LogP contribution in [0.1, 0.15) is 33.6 Å². The number of piperazine rings is 1. The molecule has 2 saturated heterocycles. The molecule has 0 radical (unpaired) electrons. The van der Waals surface area contributed by atoms with Crippen molar-refractivity contribution in [3.05, 3.63) is 0 Å². The summed E-state index contributed by atoms with van der Waals surface area (Å²) in [7, 11) is 0. The van der Waals surface area contributed by atoms with Crippen LogP contribution in [0.3, 0.4) is 0 Å². The minimum atomic E-state index is 0.722. The molecule has 100 valence electrons. The molecule has 3 heteroatoms. The lowest BCUT2D eigenvalue weighted by molar-refractivity contribution is 0.116. The molecule has 2 aliphatic heterocycles. The van der Waals surface area contributed by atoms with Gasteiger partial charge in [-0.15, -0.1) is 0 Å². The van der Waals surface area contributed by atoms with Gasteiger partial charge in [0.25, 0.3) is 0 Å². The van der Waals surface area contributed by atoms with E-state index in [4.69, 9.17) is 0 Å². The summed E-state index contributed by atoms with van der Waals surface area (Å²) in [4.78, 5) is 2.74. The average molecular weight is 256 g/mol. The molecule has 3 unspecified atom stereocenters. The molecule has 1 N–H and O–H groups in total. The highest BCUT2D eigenvalue weighted by atomic mass is 32.2. The average Bonchev–Trinajstić information content (AvgIpc) is 2.75. The highest BCUT2D eigenvalue weighted by Gasteiger charge is 2.28. The topological polar surface area (TPSA) is 15.3 Å². The van der Waals surface area contributed by atoms with Crippen LogP contribution in [0, 0.1) is 11.8 Å². The zero-order chi connectivity index (χ0) is 12.3. The van der Waals surface area contributed by atoms with Crippen molar-refractivity contribution in [3.8, 4) is 0 Å². The Labute approximate surface area is 111 Å². The van der Waals surface area contributed by atoms with E-state index >= 15 is 0 Å². The van der Waals surface area contributed by atoms with Gasteiger partial charge >= 0.3 is 0 Å². The molecular formula is C14H28N2S. The molecule has 0 amide bonds. The zero-order valence-electron chi connectivity index (χ0n) is 11.6. The Kier molecular flexibility index (Phi) is 5.19. The van der Waals surface area contributed by atoms with Crippen molar-refractivity contribution in [1.82, 2.24) is 10.2 Å². The predicted molar refractivity (Wildman–Crippen MR) is 77.7 cm³/mol. The highest BCUT2D eigenvalue weighted by molar-refractivity contribution is 7.99. The Morgan fingerprint density at radius 3 is 2.88 bits per heavy atom. The summed E-state index contributed by atoms with van der Waals surface area (Å²) in [5.74, 6) is 4.55. The van der Waals surface area contributed by atoms with E-state index in [1.54, 1.807) is 0 Å². The maximum absolute atomic E-state index is 3.71. The van der Waals surface area contributed by atoms with Crippen LogP contribution in [0.5, 0.6) is 0 Å². The summed E-state index contributed by atoms with van der Waals surface area (Å²) in [5.41, 5.74) is 0. The van der Waals surface area contributed by atoms with Crippen molar-refractivity contribution in [2.75, 3.05) is 31.1 Å². The molecule has 0 aromatic rings. The summed E-state index contributed by atoms with van der Waals surface area (Å²) in [6.07, 6.45) is 2.76. The van der Waals surface area contributed by atoms with Gasteiger partial charge in [-0.1, -0.05) is 13.8 Å². The normalized spacial score (nSPS) is 35.6. The smallest absolute Gasteiger partial charge is 0.0198 e. The first-order valence-corrected chi connectivity index (χ1v) is 8.35. The molecule has 2 rings (SSSR count). The lowest BCUT2D eigenvalue weighted by atomic mass is 9.98. The fraction of sp³-hybridized carbons (Fsp3) is 1.00. The highest BCUT2D eigenvalue weighted by Crippen LogP contribution is 2.25. The summed E-state index contributed by atoms with van der Waals surface area (Å²) < 4.78 is 0. The van der Waals surface area contributed by atoms with E-state index in [0.717, 1.165) is 23.9 Å². The third-order valence-corrected chi connectivity index (χ3v) is 5.28. The van der Waals surface area contributed by atoms with Crippen LogP contribution in [0.4, 0.5) is 0 Å². The summed E-state index contributed by atoms with van der Waals surface area (Å²) in [6.45, 7) is 10.8. The van der Waals surface area contributed by atoms with Crippen LogP contribution < -0.4 is 5.32 Å². The van der Waals surface area contributed by atoms with Gasteiger partial charge in [-0.05, 0) is 43.1 Å². The van der Waals surface area contributed by atoms with Gasteiger partial charge in [-0.25, -0.2) is 0 Å². The minimum Gasteiger partial charge on any atom is -0.311 e. The summed E-state index contributed by atoms with van der Waals surface area (Å²) in [5, 5.41) is 3.71. The van der Waals surface area contributed by atoms with E-state index in [0.29, 0.717) is 0 Å². The SMILES string of the molecule is CC(C)CC1CN(CC2CCSC2)C(C)CN1. The van der Waals surface area contributed by atoms with Crippen LogP contribution >= 0.6 is 11.8 Å².